The number of aromatic nitrogens is 2. The van der Waals surface area contributed by atoms with Crippen LogP contribution in [0.5, 0.6) is 0 Å². The van der Waals surface area contributed by atoms with E-state index in [9.17, 15) is 9.59 Å². The van der Waals surface area contributed by atoms with Crippen molar-refractivity contribution in [1.29, 1.82) is 0 Å². The number of rotatable bonds is 5. The summed E-state index contributed by atoms with van der Waals surface area (Å²) in [5, 5.41) is 6.55. The van der Waals surface area contributed by atoms with E-state index in [0.717, 1.165) is 0 Å². The van der Waals surface area contributed by atoms with Gasteiger partial charge in [0, 0.05) is 19.5 Å². The van der Waals surface area contributed by atoms with Gasteiger partial charge in [-0.05, 0) is 6.92 Å². The van der Waals surface area contributed by atoms with Crippen molar-refractivity contribution in [3.05, 3.63) is 12.3 Å². The molecule has 0 radical (unpaired) electrons. The number of hydrogen-bond donors (Lipinski definition) is 1. The number of esters is 1. The summed E-state index contributed by atoms with van der Waals surface area (Å²) >= 11 is 0. The predicted octanol–water partition coefficient (Wildman–Crippen LogP) is 0.702. The van der Waals surface area contributed by atoms with Crippen LogP contribution >= 0.6 is 0 Å². The highest BCUT2D eigenvalue weighted by atomic mass is 16.5. The van der Waals surface area contributed by atoms with Crippen LogP contribution in [0, 0.1) is 0 Å². The first-order chi connectivity index (χ1) is 7.63. The van der Waals surface area contributed by atoms with E-state index >= 15 is 0 Å². The van der Waals surface area contributed by atoms with E-state index in [1.807, 2.05) is 0 Å². The molecule has 6 nitrogen and oxygen atoms in total. The van der Waals surface area contributed by atoms with Crippen molar-refractivity contribution >= 4 is 17.7 Å². The molecule has 6 heteroatoms. The molecule has 1 aromatic rings. The first kappa shape index (κ1) is 12.2. The number of carbonyl (C=O) groups excluding carboxylic acids is 2. The maximum atomic E-state index is 11.4. The lowest BCUT2D eigenvalue weighted by Gasteiger charge is -2.04. The van der Waals surface area contributed by atoms with Gasteiger partial charge in [-0.2, -0.15) is 5.10 Å². The third kappa shape index (κ3) is 3.72. The van der Waals surface area contributed by atoms with Gasteiger partial charge in [0.25, 0.3) is 0 Å². The fourth-order valence-electron chi connectivity index (χ4n) is 1.15. The second-order valence-corrected chi connectivity index (χ2v) is 3.19. The van der Waals surface area contributed by atoms with E-state index < -0.39 is 0 Å². The Kier molecular flexibility index (Phi) is 4.50. The van der Waals surface area contributed by atoms with Gasteiger partial charge < -0.3 is 10.1 Å². The topological polar surface area (TPSA) is 73.2 Å². The maximum Gasteiger partial charge on any atom is 0.306 e. The van der Waals surface area contributed by atoms with Gasteiger partial charge in [-0.3, -0.25) is 14.3 Å². The molecule has 0 saturated carbocycles. The fourth-order valence-corrected chi connectivity index (χ4v) is 1.15. The first-order valence-corrected chi connectivity index (χ1v) is 5.07. The molecule has 0 bridgehead atoms. The van der Waals surface area contributed by atoms with E-state index in [4.69, 9.17) is 4.74 Å². The molecular formula is C10H15N3O3. The lowest BCUT2D eigenvalue weighted by atomic mass is 10.3. The Balaban J connectivity index is 2.32. The van der Waals surface area contributed by atoms with Gasteiger partial charge in [-0.1, -0.05) is 0 Å². The minimum atomic E-state index is -0.359. The number of nitrogens with zero attached hydrogens (tertiary/aromatic N) is 2. The lowest BCUT2D eigenvalue weighted by Crippen LogP contribution is -2.16. The molecule has 1 amide bonds. The summed E-state index contributed by atoms with van der Waals surface area (Å²) in [6, 6.07) is 1.68. The molecule has 0 fully saturated rings. The largest absolute Gasteiger partial charge is 0.466 e. The molecule has 1 aromatic heterocycles. The van der Waals surface area contributed by atoms with E-state index in [0.29, 0.717) is 12.4 Å². The van der Waals surface area contributed by atoms with Crippen molar-refractivity contribution in [2.75, 3.05) is 11.9 Å². The average Bonchev–Trinajstić information content (AvgIpc) is 2.62. The summed E-state index contributed by atoms with van der Waals surface area (Å²) < 4.78 is 6.26. The molecule has 0 atom stereocenters. The highest BCUT2D eigenvalue weighted by molar-refractivity contribution is 5.91. The zero-order chi connectivity index (χ0) is 12.0. The van der Waals surface area contributed by atoms with E-state index in [1.165, 1.54) is 0 Å². The number of ether oxygens (including phenoxy) is 1. The molecule has 1 rings (SSSR count). The molecule has 0 aliphatic carbocycles. The van der Waals surface area contributed by atoms with E-state index in [2.05, 4.69) is 10.4 Å². The summed E-state index contributed by atoms with van der Waals surface area (Å²) in [4.78, 5) is 22.4. The molecule has 0 spiro atoms. The number of anilines is 1. The van der Waals surface area contributed by atoms with Crippen molar-refractivity contribution in [3.8, 4) is 0 Å². The van der Waals surface area contributed by atoms with Crippen LogP contribution in [-0.2, 0) is 21.4 Å². The summed E-state index contributed by atoms with van der Waals surface area (Å²) in [5.74, 6) is 0.0215. The third-order valence-corrected chi connectivity index (χ3v) is 1.95. The van der Waals surface area contributed by atoms with Crippen molar-refractivity contribution in [2.24, 2.45) is 7.05 Å². The second-order valence-electron chi connectivity index (χ2n) is 3.19. The predicted molar refractivity (Wildman–Crippen MR) is 57.7 cm³/mol. The molecule has 1 heterocycles. The Bertz CT molecular complexity index is 373. The molecule has 0 aliphatic heterocycles. The highest BCUT2D eigenvalue weighted by Crippen LogP contribution is 2.04. The average molecular weight is 225 g/mol. The molecule has 1 N–H and O–H groups in total. The number of amides is 1. The third-order valence-electron chi connectivity index (χ3n) is 1.95. The van der Waals surface area contributed by atoms with Crippen molar-refractivity contribution < 1.29 is 14.3 Å². The van der Waals surface area contributed by atoms with Crippen LogP contribution in [0.2, 0.25) is 0 Å². The molecule has 0 unspecified atom stereocenters. The summed E-state index contributed by atoms with van der Waals surface area (Å²) in [6.45, 7) is 2.07. The van der Waals surface area contributed by atoms with Crippen LogP contribution in [0.1, 0.15) is 19.8 Å². The van der Waals surface area contributed by atoms with Gasteiger partial charge in [-0.25, -0.2) is 0 Å². The van der Waals surface area contributed by atoms with Crippen LogP contribution in [0.25, 0.3) is 0 Å². The van der Waals surface area contributed by atoms with Gasteiger partial charge in [0.05, 0.1) is 19.2 Å². The van der Waals surface area contributed by atoms with Gasteiger partial charge in [0.2, 0.25) is 5.91 Å². The maximum absolute atomic E-state index is 11.4. The quantitative estimate of drug-likeness (QED) is 0.749. The van der Waals surface area contributed by atoms with Crippen LogP contribution in [0.3, 0.4) is 0 Å². The number of hydrogen-bond acceptors (Lipinski definition) is 4. The van der Waals surface area contributed by atoms with E-state index in [-0.39, 0.29) is 24.7 Å². The van der Waals surface area contributed by atoms with Gasteiger partial charge in [-0.15, -0.1) is 0 Å². The zero-order valence-electron chi connectivity index (χ0n) is 9.40. The Morgan fingerprint density at radius 3 is 2.81 bits per heavy atom. The number of nitrogens with one attached hydrogen (secondary N) is 1. The van der Waals surface area contributed by atoms with Gasteiger partial charge in [0.15, 0.2) is 0 Å². The lowest BCUT2D eigenvalue weighted by molar-refractivity contribution is -0.144. The standard InChI is InChI=1S/C10H15N3O3/c1-3-16-10(15)5-4-9(14)12-8-6-7-11-13(8)2/h6-7H,3-5H2,1-2H3,(H,12,14). The van der Waals surface area contributed by atoms with Gasteiger partial charge in [0.1, 0.15) is 5.82 Å². The van der Waals surface area contributed by atoms with Crippen molar-refractivity contribution in [1.82, 2.24) is 9.78 Å². The van der Waals surface area contributed by atoms with Gasteiger partial charge >= 0.3 is 5.97 Å². The van der Waals surface area contributed by atoms with Crippen molar-refractivity contribution in [3.63, 3.8) is 0 Å². The second kappa shape index (κ2) is 5.89. The smallest absolute Gasteiger partial charge is 0.306 e. The molecule has 16 heavy (non-hydrogen) atoms. The summed E-state index contributed by atoms with van der Waals surface area (Å²) in [5.41, 5.74) is 0. The van der Waals surface area contributed by atoms with Crippen LogP contribution < -0.4 is 5.32 Å². The number of carbonyl (C=O) groups is 2. The summed E-state index contributed by atoms with van der Waals surface area (Å²) in [7, 11) is 1.72. The molecule has 88 valence electrons. The molecule has 0 aromatic carbocycles. The fraction of sp³-hybridized carbons (Fsp3) is 0.500. The minimum Gasteiger partial charge on any atom is -0.466 e. The zero-order valence-corrected chi connectivity index (χ0v) is 9.40. The Labute approximate surface area is 93.6 Å². The monoisotopic (exact) mass is 225 g/mol. The number of aryl methyl sites for hydroxylation is 1. The first-order valence-electron chi connectivity index (χ1n) is 5.07. The van der Waals surface area contributed by atoms with Crippen LogP contribution in [0.4, 0.5) is 5.82 Å². The summed E-state index contributed by atoms with van der Waals surface area (Å²) in [6.07, 6.45) is 1.79. The molecule has 0 aliphatic rings. The van der Waals surface area contributed by atoms with Crippen molar-refractivity contribution in [2.45, 2.75) is 19.8 Å². The molecular weight excluding hydrogens is 210 g/mol. The Morgan fingerprint density at radius 1 is 1.50 bits per heavy atom. The Hall–Kier alpha value is -1.85. The highest BCUT2D eigenvalue weighted by Gasteiger charge is 2.08. The van der Waals surface area contributed by atoms with Crippen LogP contribution in [0.15, 0.2) is 12.3 Å². The minimum absolute atomic E-state index is 0.0948. The molecule has 0 saturated heterocycles. The normalized spacial score (nSPS) is 9.88. The SMILES string of the molecule is CCOC(=O)CCC(=O)Nc1ccnn1C. The van der Waals surface area contributed by atoms with Crippen LogP contribution in [-0.4, -0.2) is 28.3 Å². The Morgan fingerprint density at radius 2 is 2.25 bits per heavy atom. The van der Waals surface area contributed by atoms with E-state index in [1.54, 1.807) is 30.9 Å².